The first-order chi connectivity index (χ1) is 8.65. The van der Waals surface area contributed by atoms with Gasteiger partial charge in [-0.1, -0.05) is 29.8 Å². The van der Waals surface area contributed by atoms with E-state index in [0.717, 1.165) is 22.7 Å². The van der Waals surface area contributed by atoms with Crippen molar-refractivity contribution in [1.29, 1.82) is 0 Å². The van der Waals surface area contributed by atoms with Crippen LogP contribution in [0.15, 0.2) is 46.9 Å². The van der Waals surface area contributed by atoms with Crippen LogP contribution in [0, 0.1) is 5.82 Å². The molecule has 0 aromatic heterocycles. The molecule has 0 fully saturated rings. The first-order valence-corrected chi connectivity index (χ1v) is 6.71. The first kappa shape index (κ1) is 13.5. The van der Waals surface area contributed by atoms with Gasteiger partial charge in [-0.15, -0.1) is 0 Å². The van der Waals surface area contributed by atoms with Gasteiger partial charge < -0.3 is 5.32 Å². The minimum atomic E-state index is -0.242. The summed E-state index contributed by atoms with van der Waals surface area (Å²) in [6, 6.07) is 12.7. The van der Waals surface area contributed by atoms with Gasteiger partial charge in [-0.3, -0.25) is 0 Å². The monoisotopic (exact) mass is 327 g/mol. The highest BCUT2D eigenvalue weighted by Gasteiger charge is 2.00. The fourth-order valence-corrected chi connectivity index (χ4v) is 2.29. The molecule has 0 aliphatic heterocycles. The fourth-order valence-electron chi connectivity index (χ4n) is 1.65. The lowest BCUT2D eigenvalue weighted by atomic mass is 10.2. The van der Waals surface area contributed by atoms with Gasteiger partial charge in [0.15, 0.2) is 0 Å². The quantitative estimate of drug-likeness (QED) is 0.869. The summed E-state index contributed by atoms with van der Waals surface area (Å²) >= 11 is 9.08. The molecule has 0 unspecified atom stereocenters. The van der Waals surface area contributed by atoms with Gasteiger partial charge >= 0.3 is 0 Å². The van der Waals surface area contributed by atoms with Crippen LogP contribution >= 0.6 is 27.5 Å². The molecular weight excluding hydrogens is 317 g/mol. The van der Waals surface area contributed by atoms with Crippen molar-refractivity contribution in [2.75, 3.05) is 0 Å². The number of hydrogen-bond acceptors (Lipinski definition) is 1. The van der Waals surface area contributed by atoms with E-state index in [0.29, 0.717) is 11.0 Å². The molecule has 2 aromatic rings. The summed E-state index contributed by atoms with van der Waals surface area (Å²) in [6.07, 6.45) is 0. The summed E-state index contributed by atoms with van der Waals surface area (Å²) in [6.45, 7) is 1.42. The highest BCUT2D eigenvalue weighted by molar-refractivity contribution is 9.10. The lowest BCUT2D eigenvalue weighted by Gasteiger charge is -2.06. The van der Waals surface area contributed by atoms with Crippen LogP contribution in [0.3, 0.4) is 0 Å². The Hall–Kier alpha value is -0.900. The standard InChI is InChI=1S/C14H12BrClFN/c15-13-7-11(4-5-14(13)17)9-18-8-10-2-1-3-12(16)6-10/h1-7,18H,8-9H2. The molecule has 0 saturated heterocycles. The zero-order valence-electron chi connectivity index (χ0n) is 9.59. The fraction of sp³-hybridized carbons (Fsp3) is 0.143. The summed E-state index contributed by atoms with van der Waals surface area (Å²) in [5.41, 5.74) is 2.16. The molecule has 0 radical (unpaired) electrons. The van der Waals surface area contributed by atoms with Crippen LogP contribution in [0.2, 0.25) is 5.02 Å². The molecule has 18 heavy (non-hydrogen) atoms. The van der Waals surface area contributed by atoms with E-state index in [2.05, 4.69) is 21.2 Å². The molecule has 0 spiro atoms. The van der Waals surface area contributed by atoms with Gasteiger partial charge in [0.1, 0.15) is 5.82 Å². The lowest BCUT2D eigenvalue weighted by molar-refractivity contribution is 0.618. The Morgan fingerprint density at radius 1 is 1.06 bits per heavy atom. The van der Waals surface area contributed by atoms with E-state index in [9.17, 15) is 4.39 Å². The second-order valence-corrected chi connectivity index (χ2v) is 5.27. The van der Waals surface area contributed by atoms with Gasteiger partial charge in [0.25, 0.3) is 0 Å². The van der Waals surface area contributed by atoms with Gasteiger partial charge in [-0.2, -0.15) is 0 Å². The molecule has 0 bridgehead atoms. The van der Waals surface area contributed by atoms with E-state index in [-0.39, 0.29) is 5.82 Å². The molecule has 94 valence electrons. The molecule has 2 aromatic carbocycles. The predicted octanol–water partition coefficient (Wildman–Crippen LogP) is 4.53. The third kappa shape index (κ3) is 3.80. The van der Waals surface area contributed by atoms with E-state index in [1.807, 2.05) is 24.3 Å². The minimum Gasteiger partial charge on any atom is -0.309 e. The SMILES string of the molecule is Fc1ccc(CNCc2cccc(Cl)c2)cc1Br. The topological polar surface area (TPSA) is 12.0 Å². The first-order valence-electron chi connectivity index (χ1n) is 5.54. The summed E-state index contributed by atoms with van der Waals surface area (Å²) in [5, 5.41) is 4.02. The molecule has 0 aliphatic rings. The van der Waals surface area contributed by atoms with E-state index >= 15 is 0 Å². The predicted molar refractivity (Wildman–Crippen MR) is 76.1 cm³/mol. The van der Waals surface area contributed by atoms with Gasteiger partial charge in [0, 0.05) is 18.1 Å². The maximum Gasteiger partial charge on any atom is 0.137 e. The molecule has 2 rings (SSSR count). The van der Waals surface area contributed by atoms with Crippen molar-refractivity contribution in [2.24, 2.45) is 0 Å². The minimum absolute atomic E-state index is 0.242. The number of halogens is 3. The molecule has 0 heterocycles. The zero-order chi connectivity index (χ0) is 13.0. The van der Waals surface area contributed by atoms with Crippen LogP contribution in [0.5, 0.6) is 0 Å². The number of hydrogen-bond donors (Lipinski definition) is 1. The number of benzene rings is 2. The van der Waals surface area contributed by atoms with E-state index in [1.165, 1.54) is 6.07 Å². The molecule has 4 heteroatoms. The number of nitrogens with one attached hydrogen (secondary N) is 1. The Bertz CT molecular complexity index is 545. The Balaban J connectivity index is 1.90. The van der Waals surface area contributed by atoms with Crippen LogP contribution in [-0.2, 0) is 13.1 Å². The van der Waals surface area contributed by atoms with Gasteiger partial charge in [-0.25, -0.2) is 4.39 Å². The highest BCUT2D eigenvalue weighted by Crippen LogP contribution is 2.17. The summed E-state index contributed by atoms with van der Waals surface area (Å²) < 4.78 is 13.5. The average molecular weight is 329 g/mol. The zero-order valence-corrected chi connectivity index (χ0v) is 11.9. The summed E-state index contributed by atoms with van der Waals surface area (Å²) in [4.78, 5) is 0. The largest absolute Gasteiger partial charge is 0.309 e. The normalized spacial score (nSPS) is 10.6. The molecule has 0 aliphatic carbocycles. The van der Waals surface area contributed by atoms with Crippen LogP contribution in [0.25, 0.3) is 0 Å². The third-order valence-electron chi connectivity index (χ3n) is 2.53. The lowest BCUT2D eigenvalue weighted by Crippen LogP contribution is -2.12. The van der Waals surface area contributed by atoms with Crippen LogP contribution in [-0.4, -0.2) is 0 Å². The Kier molecular flexibility index (Phi) is 4.75. The van der Waals surface area contributed by atoms with Gasteiger partial charge in [0.2, 0.25) is 0 Å². The van der Waals surface area contributed by atoms with Crippen LogP contribution in [0.4, 0.5) is 4.39 Å². The van der Waals surface area contributed by atoms with Crippen molar-refractivity contribution in [3.63, 3.8) is 0 Å². The second-order valence-electron chi connectivity index (χ2n) is 3.98. The van der Waals surface area contributed by atoms with Crippen molar-refractivity contribution in [1.82, 2.24) is 5.32 Å². The van der Waals surface area contributed by atoms with Gasteiger partial charge in [-0.05, 0) is 51.3 Å². The molecule has 1 nitrogen and oxygen atoms in total. The Labute approximate surface area is 119 Å². The summed E-state index contributed by atoms with van der Waals surface area (Å²) in [5.74, 6) is -0.242. The smallest absolute Gasteiger partial charge is 0.137 e. The molecule has 0 saturated carbocycles. The highest BCUT2D eigenvalue weighted by atomic mass is 79.9. The molecular formula is C14H12BrClFN. The second kappa shape index (κ2) is 6.32. The molecule has 0 atom stereocenters. The van der Waals surface area contributed by atoms with Crippen molar-refractivity contribution >= 4 is 27.5 Å². The number of rotatable bonds is 4. The maximum atomic E-state index is 13.0. The van der Waals surface area contributed by atoms with Gasteiger partial charge in [0.05, 0.1) is 4.47 Å². The maximum absolute atomic E-state index is 13.0. The van der Waals surface area contributed by atoms with Crippen molar-refractivity contribution < 1.29 is 4.39 Å². The summed E-state index contributed by atoms with van der Waals surface area (Å²) in [7, 11) is 0. The van der Waals surface area contributed by atoms with E-state index < -0.39 is 0 Å². The van der Waals surface area contributed by atoms with Crippen LogP contribution in [0.1, 0.15) is 11.1 Å². The van der Waals surface area contributed by atoms with Crippen molar-refractivity contribution in [2.45, 2.75) is 13.1 Å². The van der Waals surface area contributed by atoms with E-state index in [4.69, 9.17) is 11.6 Å². The molecule has 1 N–H and O–H groups in total. The Morgan fingerprint density at radius 2 is 1.78 bits per heavy atom. The average Bonchev–Trinajstić information content (AvgIpc) is 2.34. The third-order valence-corrected chi connectivity index (χ3v) is 3.37. The van der Waals surface area contributed by atoms with Crippen molar-refractivity contribution in [3.8, 4) is 0 Å². The van der Waals surface area contributed by atoms with Crippen LogP contribution < -0.4 is 5.32 Å². The van der Waals surface area contributed by atoms with Crippen molar-refractivity contribution in [3.05, 3.63) is 68.9 Å². The Morgan fingerprint density at radius 3 is 2.44 bits per heavy atom. The molecule has 0 amide bonds. The van der Waals surface area contributed by atoms with E-state index in [1.54, 1.807) is 12.1 Å².